The van der Waals surface area contributed by atoms with Crippen molar-refractivity contribution in [2.24, 2.45) is 0 Å². The van der Waals surface area contributed by atoms with Gasteiger partial charge in [-0.3, -0.25) is 14.4 Å². The van der Waals surface area contributed by atoms with Crippen LogP contribution in [0.5, 0.6) is 0 Å². The topological polar surface area (TPSA) is 78.9 Å². The van der Waals surface area contributed by atoms with E-state index in [4.69, 9.17) is 14.2 Å². The second-order valence-electron chi connectivity index (χ2n) is 23.5. The summed E-state index contributed by atoms with van der Waals surface area (Å²) in [5, 5.41) is 0. The Kier molecular flexibility index (Phi) is 63.1. The summed E-state index contributed by atoms with van der Waals surface area (Å²) in [7, 11) is 0. The Labute approximate surface area is 469 Å². The molecule has 0 N–H and O–H groups in total. The number of unbranched alkanes of at least 4 members (excludes halogenated alkanes) is 51. The minimum Gasteiger partial charge on any atom is -0.462 e. The average Bonchev–Trinajstić information content (AvgIpc) is 3.41. The van der Waals surface area contributed by atoms with E-state index in [1.54, 1.807) is 0 Å². The first kappa shape index (κ1) is 73.2. The van der Waals surface area contributed by atoms with Gasteiger partial charge in [0.1, 0.15) is 13.2 Å². The SMILES string of the molecule is CCCCCCCCCC/C=C\CCCCCCCCCCCCCCCCCCCCCC(=O)OCC(COC(=O)CCCCCCCCC)OC(=O)CCCCCCCCCCCCCCCCCCCCC. The number of ether oxygens (including phenoxy) is 3. The number of rotatable bonds is 64. The van der Waals surface area contributed by atoms with Crippen molar-refractivity contribution in [1.82, 2.24) is 0 Å². The second kappa shape index (κ2) is 64.7. The Balaban J connectivity index is 3.97. The Morgan fingerprint density at radius 1 is 0.253 bits per heavy atom. The van der Waals surface area contributed by atoms with Crippen LogP contribution in [0.25, 0.3) is 0 Å². The lowest BCUT2D eigenvalue weighted by atomic mass is 10.0. The molecule has 0 aliphatic rings. The number of carbonyl (C=O) groups excluding carboxylic acids is 3. The van der Waals surface area contributed by atoms with Crippen LogP contribution in [0.15, 0.2) is 12.2 Å². The minimum atomic E-state index is -0.762. The third-order valence-corrected chi connectivity index (χ3v) is 15.8. The van der Waals surface area contributed by atoms with E-state index in [9.17, 15) is 14.4 Å². The summed E-state index contributed by atoms with van der Waals surface area (Å²) < 4.78 is 16.9. The smallest absolute Gasteiger partial charge is 0.306 e. The van der Waals surface area contributed by atoms with Gasteiger partial charge in [0.15, 0.2) is 6.10 Å². The lowest BCUT2D eigenvalue weighted by molar-refractivity contribution is -0.167. The fourth-order valence-electron chi connectivity index (χ4n) is 10.6. The molecule has 1 atom stereocenters. The van der Waals surface area contributed by atoms with Crippen molar-refractivity contribution in [2.75, 3.05) is 13.2 Å². The summed E-state index contributed by atoms with van der Waals surface area (Å²) in [4.78, 5) is 38.1. The maximum atomic E-state index is 12.9. The van der Waals surface area contributed by atoms with Crippen LogP contribution in [0, 0.1) is 0 Å². The van der Waals surface area contributed by atoms with Crippen LogP contribution in [0.1, 0.15) is 393 Å². The highest BCUT2D eigenvalue weighted by Gasteiger charge is 2.19. The quantitative estimate of drug-likeness (QED) is 0.0261. The molecule has 0 radical (unpaired) electrons. The van der Waals surface area contributed by atoms with Crippen LogP contribution >= 0.6 is 0 Å². The van der Waals surface area contributed by atoms with E-state index in [1.807, 2.05) is 0 Å². The van der Waals surface area contributed by atoms with Gasteiger partial charge in [0.05, 0.1) is 0 Å². The van der Waals surface area contributed by atoms with E-state index in [0.717, 1.165) is 57.8 Å². The van der Waals surface area contributed by atoms with E-state index in [-0.39, 0.29) is 31.1 Å². The molecule has 0 bridgehead atoms. The van der Waals surface area contributed by atoms with Gasteiger partial charge in [-0.05, 0) is 44.9 Å². The predicted molar refractivity (Wildman–Crippen MR) is 326 cm³/mol. The molecule has 0 spiro atoms. The summed E-state index contributed by atoms with van der Waals surface area (Å²) in [5.41, 5.74) is 0. The van der Waals surface area contributed by atoms with Gasteiger partial charge in [0, 0.05) is 19.3 Å². The molecule has 0 fully saturated rings. The molecule has 444 valence electrons. The van der Waals surface area contributed by atoms with Gasteiger partial charge in [-0.2, -0.15) is 0 Å². The van der Waals surface area contributed by atoms with Gasteiger partial charge in [-0.1, -0.05) is 341 Å². The fraction of sp³-hybridized carbons (Fsp3) is 0.928. The van der Waals surface area contributed by atoms with Crippen LogP contribution in [0.2, 0.25) is 0 Å². The van der Waals surface area contributed by atoms with Gasteiger partial charge in [0.25, 0.3) is 0 Å². The van der Waals surface area contributed by atoms with Crippen molar-refractivity contribution < 1.29 is 28.6 Å². The zero-order valence-electron chi connectivity index (χ0n) is 51.1. The highest BCUT2D eigenvalue weighted by Crippen LogP contribution is 2.19. The van der Waals surface area contributed by atoms with Crippen molar-refractivity contribution in [3.8, 4) is 0 Å². The van der Waals surface area contributed by atoms with Crippen LogP contribution in [-0.4, -0.2) is 37.2 Å². The summed E-state index contributed by atoms with van der Waals surface area (Å²) in [6.07, 6.45) is 77.0. The fourth-order valence-corrected chi connectivity index (χ4v) is 10.6. The monoisotopic (exact) mass is 1060 g/mol. The van der Waals surface area contributed by atoms with Crippen molar-refractivity contribution >= 4 is 17.9 Å². The minimum absolute atomic E-state index is 0.0630. The molecule has 0 rings (SSSR count). The molecule has 0 heterocycles. The molecule has 0 aromatic heterocycles. The molecule has 0 aromatic carbocycles. The number of hydrogen-bond acceptors (Lipinski definition) is 6. The van der Waals surface area contributed by atoms with E-state index in [1.165, 1.54) is 295 Å². The summed E-state index contributed by atoms with van der Waals surface area (Å²) in [5.74, 6) is -0.839. The van der Waals surface area contributed by atoms with Gasteiger partial charge < -0.3 is 14.2 Å². The van der Waals surface area contributed by atoms with Gasteiger partial charge in [-0.15, -0.1) is 0 Å². The first-order valence-corrected chi connectivity index (χ1v) is 34.2. The van der Waals surface area contributed by atoms with Crippen molar-refractivity contribution in [3.05, 3.63) is 12.2 Å². The van der Waals surface area contributed by atoms with Crippen LogP contribution in [0.4, 0.5) is 0 Å². The molecule has 0 amide bonds. The third-order valence-electron chi connectivity index (χ3n) is 15.8. The summed E-state index contributed by atoms with van der Waals surface area (Å²) in [6.45, 7) is 6.67. The third kappa shape index (κ3) is 62.9. The lowest BCUT2D eigenvalue weighted by Gasteiger charge is -2.18. The Morgan fingerprint density at radius 2 is 0.440 bits per heavy atom. The van der Waals surface area contributed by atoms with Crippen molar-refractivity contribution in [2.45, 2.75) is 399 Å². The molecule has 0 aromatic rings. The van der Waals surface area contributed by atoms with Crippen molar-refractivity contribution in [1.29, 1.82) is 0 Å². The number of carbonyl (C=O) groups is 3. The molecule has 0 aliphatic carbocycles. The molecule has 0 saturated heterocycles. The lowest BCUT2D eigenvalue weighted by Crippen LogP contribution is -2.30. The normalized spacial score (nSPS) is 12.0. The van der Waals surface area contributed by atoms with Crippen molar-refractivity contribution in [3.63, 3.8) is 0 Å². The van der Waals surface area contributed by atoms with E-state index in [2.05, 4.69) is 32.9 Å². The summed E-state index contributed by atoms with van der Waals surface area (Å²) >= 11 is 0. The highest BCUT2D eigenvalue weighted by molar-refractivity contribution is 5.71. The van der Waals surface area contributed by atoms with E-state index in [0.29, 0.717) is 19.3 Å². The predicted octanol–water partition coefficient (Wildman–Crippen LogP) is 23.2. The van der Waals surface area contributed by atoms with Gasteiger partial charge in [0.2, 0.25) is 0 Å². The summed E-state index contributed by atoms with van der Waals surface area (Å²) in [6, 6.07) is 0. The maximum Gasteiger partial charge on any atom is 0.306 e. The number of hydrogen-bond donors (Lipinski definition) is 0. The van der Waals surface area contributed by atoms with Gasteiger partial charge >= 0.3 is 17.9 Å². The molecule has 1 unspecified atom stereocenters. The Hall–Kier alpha value is -1.85. The first-order valence-electron chi connectivity index (χ1n) is 34.2. The standard InChI is InChI=1S/C69H132O6/c1-4-7-10-13-16-18-20-22-24-26-28-29-30-31-32-33-34-35-36-37-38-39-41-42-44-46-48-50-53-56-59-62-68(71)74-65-66(64-73-67(70)61-58-55-52-15-12-9-6-3)75-69(72)63-60-57-54-51-49-47-45-43-40-27-25-23-21-19-17-14-11-8-5-2/h26,28,66H,4-25,27,29-65H2,1-3H3/b28-26-. The van der Waals surface area contributed by atoms with Crippen LogP contribution in [-0.2, 0) is 28.6 Å². The molecule has 0 aliphatic heterocycles. The van der Waals surface area contributed by atoms with Gasteiger partial charge in [-0.25, -0.2) is 0 Å². The highest BCUT2D eigenvalue weighted by atomic mass is 16.6. The first-order chi connectivity index (χ1) is 37.0. The van der Waals surface area contributed by atoms with Crippen LogP contribution in [0.3, 0.4) is 0 Å². The zero-order valence-corrected chi connectivity index (χ0v) is 51.1. The van der Waals surface area contributed by atoms with Crippen LogP contribution < -0.4 is 0 Å². The number of allylic oxidation sites excluding steroid dienone is 2. The molecule has 75 heavy (non-hydrogen) atoms. The average molecular weight is 1060 g/mol. The maximum absolute atomic E-state index is 12.9. The zero-order chi connectivity index (χ0) is 54.3. The molecule has 6 heteroatoms. The Morgan fingerprint density at radius 3 is 0.667 bits per heavy atom. The largest absolute Gasteiger partial charge is 0.462 e. The molecule has 6 nitrogen and oxygen atoms in total. The molecule has 0 saturated carbocycles. The van der Waals surface area contributed by atoms with E-state index < -0.39 is 6.10 Å². The van der Waals surface area contributed by atoms with E-state index >= 15 is 0 Å². The molecular weight excluding hydrogens is 925 g/mol. The second-order valence-corrected chi connectivity index (χ2v) is 23.5. The Bertz CT molecular complexity index is 1170. The molecular formula is C69H132O6. The number of esters is 3.